The Morgan fingerprint density at radius 3 is 2.68 bits per heavy atom. The summed E-state index contributed by atoms with van der Waals surface area (Å²) < 4.78 is 27.4. The Kier molecular flexibility index (Phi) is 5.59. The van der Waals surface area contributed by atoms with Crippen molar-refractivity contribution in [3.8, 4) is 5.75 Å². The van der Waals surface area contributed by atoms with Gasteiger partial charge in [-0.15, -0.1) is 0 Å². The minimum Gasteiger partial charge on any atom is -0.482 e. The van der Waals surface area contributed by atoms with Crippen LogP contribution in [0.2, 0.25) is 5.02 Å². The highest BCUT2D eigenvalue weighted by atomic mass is 35.5. The van der Waals surface area contributed by atoms with Gasteiger partial charge < -0.3 is 10.1 Å². The fourth-order valence-electron chi connectivity index (χ4n) is 1.23. The second kappa shape index (κ2) is 6.74. The van der Waals surface area contributed by atoms with E-state index >= 15 is 0 Å². The number of hydrogen-bond acceptors (Lipinski definition) is 4. The average molecular weight is 307 g/mol. The number of nitrogens with one attached hydrogen (secondary N) is 1. The van der Waals surface area contributed by atoms with E-state index in [2.05, 4.69) is 5.32 Å². The van der Waals surface area contributed by atoms with Gasteiger partial charge in [0.2, 0.25) is 10.0 Å². The van der Waals surface area contributed by atoms with Crippen molar-refractivity contribution in [3.05, 3.63) is 23.2 Å². The smallest absolute Gasteiger partial charge is 0.257 e. The summed E-state index contributed by atoms with van der Waals surface area (Å²) in [6.07, 6.45) is 0.829. The molecule has 1 rings (SSSR count). The van der Waals surface area contributed by atoms with Crippen molar-refractivity contribution in [3.63, 3.8) is 0 Å². The number of amides is 1. The molecule has 0 aliphatic carbocycles. The molecule has 106 valence electrons. The molecule has 0 aromatic heterocycles. The molecule has 0 fully saturated rings. The lowest BCUT2D eigenvalue weighted by Crippen LogP contribution is -2.29. The number of rotatable bonds is 6. The summed E-state index contributed by atoms with van der Waals surface area (Å²) in [5.41, 5.74) is 0. The molecular weight excluding hydrogens is 292 g/mol. The molecule has 1 aromatic carbocycles. The van der Waals surface area contributed by atoms with Gasteiger partial charge in [0.25, 0.3) is 5.91 Å². The van der Waals surface area contributed by atoms with Crippen LogP contribution in [0.3, 0.4) is 0 Å². The maximum absolute atomic E-state index is 11.3. The molecule has 0 unspecified atom stereocenters. The first kappa shape index (κ1) is 15.7. The van der Waals surface area contributed by atoms with Gasteiger partial charge in [0.05, 0.1) is 9.92 Å². The molecule has 0 saturated carbocycles. The van der Waals surface area contributed by atoms with E-state index in [1.807, 2.05) is 6.92 Å². The highest BCUT2D eigenvalue weighted by Gasteiger charge is 2.12. The van der Waals surface area contributed by atoms with Crippen LogP contribution in [0.4, 0.5) is 0 Å². The molecule has 0 radical (unpaired) electrons. The predicted molar refractivity (Wildman–Crippen MR) is 71.6 cm³/mol. The summed E-state index contributed by atoms with van der Waals surface area (Å²) in [6, 6.07) is 3.80. The van der Waals surface area contributed by atoms with Gasteiger partial charge in [0.15, 0.2) is 6.61 Å². The lowest BCUT2D eigenvalue weighted by Gasteiger charge is -2.09. The van der Waals surface area contributed by atoms with Crippen molar-refractivity contribution in [2.45, 2.75) is 18.2 Å². The van der Waals surface area contributed by atoms with Gasteiger partial charge >= 0.3 is 0 Å². The molecule has 0 atom stereocenters. The predicted octanol–water partition coefficient (Wildman–Crippen LogP) is 0.892. The first-order valence-electron chi connectivity index (χ1n) is 5.56. The molecule has 0 spiro atoms. The Morgan fingerprint density at radius 2 is 2.16 bits per heavy atom. The SMILES string of the molecule is CCCNC(=O)COc1ccc(S(N)(=O)=O)cc1Cl. The van der Waals surface area contributed by atoms with Crippen LogP contribution in [-0.2, 0) is 14.8 Å². The molecule has 0 aliphatic rings. The van der Waals surface area contributed by atoms with E-state index in [-0.39, 0.29) is 28.2 Å². The number of sulfonamides is 1. The van der Waals surface area contributed by atoms with Crippen molar-refractivity contribution in [2.24, 2.45) is 5.14 Å². The minimum atomic E-state index is -3.80. The standard InChI is InChI=1S/C11H15ClN2O4S/c1-2-5-14-11(15)7-18-10-4-3-8(6-9(10)12)19(13,16)17/h3-4,6H,2,5,7H2,1H3,(H,14,15)(H2,13,16,17). The maximum atomic E-state index is 11.3. The Balaban J connectivity index is 2.68. The molecule has 0 heterocycles. The lowest BCUT2D eigenvalue weighted by atomic mass is 10.3. The van der Waals surface area contributed by atoms with E-state index in [1.165, 1.54) is 18.2 Å². The van der Waals surface area contributed by atoms with Gasteiger partial charge in [-0.05, 0) is 24.6 Å². The summed E-state index contributed by atoms with van der Waals surface area (Å²) in [7, 11) is -3.80. The number of halogens is 1. The van der Waals surface area contributed by atoms with E-state index in [0.29, 0.717) is 6.54 Å². The summed E-state index contributed by atoms with van der Waals surface area (Å²) in [6.45, 7) is 2.32. The van der Waals surface area contributed by atoms with Crippen LogP contribution in [0.25, 0.3) is 0 Å². The number of benzene rings is 1. The zero-order valence-electron chi connectivity index (χ0n) is 10.3. The van der Waals surface area contributed by atoms with Gasteiger partial charge in [-0.1, -0.05) is 18.5 Å². The van der Waals surface area contributed by atoms with E-state index in [9.17, 15) is 13.2 Å². The first-order chi connectivity index (χ1) is 8.84. The van der Waals surface area contributed by atoms with Crippen LogP contribution >= 0.6 is 11.6 Å². The van der Waals surface area contributed by atoms with Gasteiger partial charge in [-0.2, -0.15) is 0 Å². The molecule has 0 aliphatic heterocycles. The second-order valence-electron chi connectivity index (χ2n) is 3.78. The zero-order chi connectivity index (χ0) is 14.5. The van der Waals surface area contributed by atoms with Gasteiger partial charge in [0, 0.05) is 6.54 Å². The van der Waals surface area contributed by atoms with E-state index in [0.717, 1.165) is 6.42 Å². The molecular formula is C11H15ClN2O4S. The van der Waals surface area contributed by atoms with Crippen LogP contribution in [0, 0.1) is 0 Å². The van der Waals surface area contributed by atoms with Crippen LogP contribution in [-0.4, -0.2) is 27.5 Å². The molecule has 6 nitrogen and oxygen atoms in total. The van der Waals surface area contributed by atoms with Gasteiger partial charge in [-0.3, -0.25) is 4.79 Å². The second-order valence-corrected chi connectivity index (χ2v) is 5.74. The topological polar surface area (TPSA) is 98.5 Å². The Bertz CT molecular complexity index is 560. The molecule has 1 amide bonds. The lowest BCUT2D eigenvalue weighted by molar-refractivity contribution is -0.123. The van der Waals surface area contributed by atoms with Crippen molar-refractivity contribution < 1.29 is 17.9 Å². The first-order valence-corrected chi connectivity index (χ1v) is 7.49. The normalized spacial score (nSPS) is 11.1. The number of hydrogen-bond donors (Lipinski definition) is 2. The van der Waals surface area contributed by atoms with Crippen LogP contribution in [0.5, 0.6) is 5.75 Å². The number of carbonyl (C=O) groups excluding carboxylic acids is 1. The van der Waals surface area contributed by atoms with Crippen molar-refractivity contribution >= 4 is 27.5 Å². The van der Waals surface area contributed by atoms with Crippen LogP contribution in [0.1, 0.15) is 13.3 Å². The van der Waals surface area contributed by atoms with Crippen molar-refractivity contribution in [1.29, 1.82) is 0 Å². The highest BCUT2D eigenvalue weighted by molar-refractivity contribution is 7.89. The molecule has 8 heteroatoms. The fourth-order valence-corrected chi connectivity index (χ4v) is 2.07. The van der Waals surface area contributed by atoms with Crippen LogP contribution in [0.15, 0.2) is 23.1 Å². The van der Waals surface area contributed by atoms with E-state index in [4.69, 9.17) is 21.5 Å². The molecule has 3 N–H and O–H groups in total. The Morgan fingerprint density at radius 1 is 1.47 bits per heavy atom. The Labute approximate surface area is 116 Å². The van der Waals surface area contributed by atoms with Crippen molar-refractivity contribution in [1.82, 2.24) is 5.32 Å². The average Bonchev–Trinajstić information content (AvgIpc) is 2.33. The quantitative estimate of drug-likeness (QED) is 0.815. The van der Waals surface area contributed by atoms with Crippen molar-refractivity contribution in [2.75, 3.05) is 13.2 Å². The third-order valence-electron chi connectivity index (χ3n) is 2.16. The summed E-state index contributed by atoms with van der Waals surface area (Å²) in [4.78, 5) is 11.2. The molecule has 0 bridgehead atoms. The van der Waals surface area contributed by atoms with Gasteiger partial charge in [0.1, 0.15) is 5.75 Å². The third kappa shape index (κ3) is 5.06. The summed E-state index contributed by atoms with van der Waals surface area (Å²) >= 11 is 5.85. The number of primary sulfonamides is 1. The highest BCUT2D eigenvalue weighted by Crippen LogP contribution is 2.26. The molecule has 1 aromatic rings. The maximum Gasteiger partial charge on any atom is 0.257 e. The summed E-state index contributed by atoms with van der Waals surface area (Å²) in [5.74, 6) is -0.0471. The monoisotopic (exact) mass is 306 g/mol. The Hall–Kier alpha value is -1.31. The third-order valence-corrected chi connectivity index (χ3v) is 3.37. The molecule has 19 heavy (non-hydrogen) atoms. The summed E-state index contributed by atoms with van der Waals surface area (Å²) in [5, 5.41) is 7.67. The number of nitrogens with two attached hydrogens (primary N) is 1. The molecule has 0 saturated heterocycles. The fraction of sp³-hybridized carbons (Fsp3) is 0.364. The minimum absolute atomic E-state index is 0.0785. The number of ether oxygens (including phenoxy) is 1. The van der Waals surface area contributed by atoms with E-state index in [1.54, 1.807) is 0 Å². The van der Waals surface area contributed by atoms with Gasteiger partial charge in [-0.25, -0.2) is 13.6 Å². The van der Waals surface area contributed by atoms with Crippen LogP contribution < -0.4 is 15.2 Å². The zero-order valence-corrected chi connectivity index (χ0v) is 11.9. The number of carbonyl (C=O) groups is 1. The largest absolute Gasteiger partial charge is 0.482 e. The van der Waals surface area contributed by atoms with E-state index < -0.39 is 10.0 Å².